The second-order valence-corrected chi connectivity index (χ2v) is 6.03. The van der Waals surface area contributed by atoms with Gasteiger partial charge in [0.1, 0.15) is 17.4 Å². The lowest BCUT2D eigenvalue weighted by atomic mass is 10.1. The molecule has 5 heteroatoms. The van der Waals surface area contributed by atoms with Gasteiger partial charge >= 0.3 is 0 Å². The Hall–Kier alpha value is -3.26. The molecule has 0 radical (unpaired) electrons. The van der Waals surface area contributed by atoms with Gasteiger partial charge in [-0.2, -0.15) is 5.26 Å². The molecule has 0 aliphatic heterocycles. The Morgan fingerprint density at radius 2 is 1.62 bits per heavy atom. The maximum absolute atomic E-state index is 12.0. The number of carbonyl (C=O) groups is 1. The number of rotatable bonds is 8. The van der Waals surface area contributed by atoms with Gasteiger partial charge in [-0.3, -0.25) is 4.79 Å². The zero-order valence-electron chi connectivity index (χ0n) is 14.8. The molecule has 134 valence electrons. The Kier molecular flexibility index (Phi) is 7.26. The summed E-state index contributed by atoms with van der Waals surface area (Å²) in [6.45, 7) is 3.12. The molecule has 0 spiro atoms. The highest BCUT2D eigenvalue weighted by atomic mass is 16.3. The average Bonchev–Trinajstić information content (AvgIpc) is 2.65. The highest BCUT2D eigenvalue weighted by Gasteiger charge is 2.07. The molecule has 3 N–H and O–H groups in total. The first-order chi connectivity index (χ1) is 12.6. The van der Waals surface area contributed by atoms with Gasteiger partial charge in [0.15, 0.2) is 0 Å². The number of nitriles is 1. The van der Waals surface area contributed by atoms with E-state index in [0.717, 1.165) is 12.0 Å². The molecule has 0 atom stereocenters. The van der Waals surface area contributed by atoms with Crippen LogP contribution in [0, 0.1) is 18.3 Å². The molecular formula is C21H23N3O2. The number of carbonyl (C=O) groups excluding carboxylic acids is 1. The van der Waals surface area contributed by atoms with Gasteiger partial charge in [-0.1, -0.05) is 42.0 Å². The number of nitrogens with zero attached hydrogens (tertiary/aromatic N) is 1. The van der Waals surface area contributed by atoms with Crippen molar-refractivity contribution in [2.75, 3.05) is 13.1 Å². The van der Waals surface area contributed by atoms with Gasteiger partial charge in [0.05, 0.1) is 0 Å². The van der Waals surface area contributed by atoms with Gasteiger partial charge in [-0.15, -0.1) is 0 Å². The fraction of sp³-hybridized carbons (Fsp3) is 0.238. The lowest BCUT2D eigenvalue weighted by Crippen LogP contribution is -2.27. The molecule has 2 aromatic carbocycles. The molecule has 5 nitrogen and oxygen atoms in total. The minimum atomic E-state index is -0.394. The van der Waals surface area contributed by atoms with Crippen molar-refractivity contribution in [2.45, 2.75) is 19.8 Å². The van der Waals surface area contributed by atoms with E-state index in [-0.39, 0.29) is 11.3 Å². The van der Waals surface area contributed by atoms with Crippen molar-refractivity contribution >= 4 is 5.91 Å². The van der Waals surface area contributed by atoms with E-state index >= 15 is 0 Å². The summed E-state index contributed by atoms with van der Waals surface area (Å²) >= 11 is 0. The number of phenolic OH excluding ortho intramolecular Hbond substituents is 1. The van der Waals surface area contributed by atoms with Gasteiger partial charge in [-0.25, -0.2) is 0 Å². The second kappa shape index (κ2) is 9.90. The number of nitrogens with one attached hydrogen (secondary N) is 2. The number of aryl methyl sites for hydroxylation is 1. The summed E-state index contributed by atoms with van der Waals surface area (Å²) < 4.78 is 0. The first-order valence-corrected chi connectivity index (χ1v) is 8.54. The minimum absolute atomic E-state index is 0.0552. The third-order valence-corrected chi connectivity index (χ3v) is 3.93. The predicted octanol–water partition coefficient (Wildman–Crippen LogP) is 2.60. The van der Waals surface area contributed by atoms with E-state index in [4.69, 9.17) is 5.26 Å². The Morgan fingerprint density at radius 1 is 1.04 bits per heavy atom. The lowest BCUT2D eigenvalue weighted by Gasteiger charge is -2.06. The van der Waals surface area contributed by atoms with Crippen LogP contribution >= 0.6 is 0 Å². The molecule has 0 heterocycles. The third-order valence-electron chi connectivity index (χ3n) is 3.93. The molecule has 0 bridgehead atoms. The third kappa shape index (κ3) is 6.33. The number of amides is 1. The smallest absolute Gasteiger partial charge is 0.263 e. The van der Waals surface area contributed by atoms with Gasteiger partial charge in [0, 0.05) is 19.3 Å². The molecule has 2 rings (SSSR count). The SMILES string of the molecule is Cc1ccc(CCN/C=C(/C#N)C(=O)NCCc2ccc(O)cc2)cc1. The van der Waals surface area contributed by atoms with E-state index in [0.29, 0.717) is 19.5 Å². The molecule has 0 aliphatic rings. The zero-order chi connectivity index (χ0) is 18.8. The molecule has 0 saturated heterocycles. The number of benzene rings is 2. The Bertz CT molecular complexity index is 788. The number of aromatic hydroxyl groups is 1. The molecule has 0 aliphatic carbocycles. The fourth-order valence-corrected chi connectivity index (χ4v) is 2.37. The number of hydrogen-bond donors (Lipinski definition) is 3. The van der Waals surface area contributed by atoms with Crippen molar-refractivity contribution in [3.05, 3.63) is 77.0 Å². The molecule has 1 amide bonds. The molecule has 0 saturated carbocycles. The van der Waals surface area contributed by atoms with Crippen LogP contribution in [0.4, 0.5) is 0 Å². The molecule has 0 aromatic heterocycles. The number of phenols is 1. The van der Waals surface area contributed by atoms with Crippen LogP contribution < -0.4 is 10.6 Å². The van der Waals surface area contributed by atoms with E-state index in [2.05, 4.69) is 34.9 Å². The predicted molar refractivity (Wildman–Crippen MR) is 101 cm³/mol. The number of hydrogen-bond acceptors (Lipinski definition) is 4. The maximum Gasteiger partial charge on any atom is 0.263 e. The Morgan fingerprint density at radius 3 is 2.23 bits per heavy atom. The normalized spacial score (nSPS) is 10.8. The summed E-state index contributed by atoms with van der Waals surface area (Å²) in [5.41, 5.74) is 3.48. The largest absolute Gasteiger partial charge is 0.508 e. The highest BCUT2D eigenvalue weighted by molar-refractivity contribution is 5.97. The van der Waals surface area contributed by atoms with E-state index in [1.165, 1.54) is 17.3 Å². The topological polar surface area (TPSA) is 85.2 Å². The summed E-state index contributed by atoms with van der Waals surface area (Å²) in [5.74, 6) is -0.182. The van der Waals surface area contributed by atoms with Crippen molar-refractivity contribution in [1.82, 2.24) is 10.6 Å². The summed E-state index contributed by atoms with van der Waals surface area (Å²) in [4.78, 5) is 12.0. The first kappa shape index (κ1) is 19.1. The maximum atomic E-state index is 12.0. The van der Waals surface area contributed by atoms with Gasteiger partial charge in [0.25, 0.3) is 5.91 Å². The van der Waals surface area contributed by atoms with Crippen molar-refractivity contribution in [1.29, 1.82) is 5.26 Å². The average molecular weight is 349 g/mol. The van der Waals surface area contributed by atoms with Crippen molar-refractivity contribution in [3.8, 4) is 11.8 Å². The van der Waals surface area contributed by atoms with E-state index in [1.54, 1.807) is 24.3 Å². The monoisotopic (exact) mass is 349 g/mol. The van der Waals surface area contributed by atoms with Crippen LogP contribution in [0.2, 0.25) is 0 Å². The van der Waals surface area contributed by atoms with E-state index in [1.807, 2.05) is 13.0 Å². The van der Waals surface area contributed by atoms with Crippen LogP contribution in [-0.4, -0.2) is 24.1 Å². The van der Waals surface area contributed by atoms with Crippen molar-refractivity contribution in [3.63, 3.8) is 0 Å². The summed E-state index contributed by atoms with van der Waals surface area (Å²) in [7, 11) is 0. The Labute approximate surface area is 154 Å². The molecule has 0 fully saturated rings. The summed E-state index contributed by atoms with van der Waals surface area (Å²) in [6, 6.07) is 17.0. The summed E-state index contributed by atoms with van der Waals surface area (Å²) in [6.07, 6.45) is 2.91. The van der Waals surface area contributed by atoms with Gasteiger partial charge < -0.3 is 15.7 Å². The minimum Gasteiger partial charge on any atom is -0.508 e. The molecule has 26 heavy (non-hydrogen) atoms. The van der Waals surface area contributed by atoms with Crippen LogP contribution in [0.3, 0.4) is 0 Å². The standard InChI is InChI=1S/C21H23N3O2/c1-16-2-4-17(5-3-16)10-12-23-15-19(14-22)21(26)24-13-11-18-6-8-20(25)9-7-18/h2-9,15,23,25H,10-13H2,1H3,(H,24,26)/b19-15-. The molecule has 0 unspecified atom stereocenters. The van der Waals surface area contributed by atoms with Crippen LogP contribution in [0.1, 0.15) is 16.7 Å². The van der Waals surface area contributed by atoms with E-state index < -0.39 is 5.91 Å². The van der Waals surface area contributed by atoms with Crippen LogP contribution in [-0.2, 0) is 17.6 Å². The molecule has 2 aromatic rings. The molecular weight excluding hydrogens is 326 g/mol. The second-order valence-electron chi connectivity index (χ2n) is 6.03. The fourth-order valence-electron chi connectivity index (χ4n) is 2.37. The van der Waals surface area contributed by atoms with Crippen LogP contribution in [0.25, 0.3) is 0 Å². The van der Waals surface area contributed by atoms with Crippen molar-refractivity contribution < 1.29 is 9.90 Å². The first-order valence-electron chi connectivity index (χ1n) is 8.54. The lowest BCUT2D eigenvalue weighted by molar-refractivity contribution is -0.117. The van der Waals surface area contributed by atoms with Crippen LogP contribution in [0.15, 0.2) is 60.3 Å². The Balaban J connectivity index is 1.74. The highest BCUT2D eigenvalue weighted by Crippen LogP contribution is 2.09. The van der Waals surface area contributed by atoms with Gasteiger partial charge in [-0.05, 0) is 43.0 Å². The van der Waals surface area contributed by atoms with Gasteiger partial charge in [0.2, 0.25) is 0 Å². The quantitative estimate of drug-likeness (QED) is 0.388. The van der Waals surface area contributed by atoms with E-state index in [9.17, 15) is 9.90 Å². The van der Waals surface area contributed by atoms with Crippen LogP contribution in [0.5, 0.6) is 5.75 Å². The summed E-state index contributed by atoms with van der Waals surface area (Å²) in [5, 5.41) is 24.1. The van der Waals surface area contributed by atoms with Crippen molar-refractivity contribution in [2.24, 2.45) is 0 Å². The zero-order valence-corrected chi connectivity index (χ0v) is 14.8.